The summed E-state index contributed by atoms with van der Waals surface area (Å²) in [5.41, 5.74) is 7.20. The summed E-state index contributed by atoms with van der Waals surface area (Å²) in [5.74, 6) is -0.0194. The normalized spacial score (nSPS) is 10.5. The van der Waals surface area contributed by atoms with E-state index in [0.717, 1.165) is 5.56 Å². The number of benzene rings is 1. The van der Waals surface area contributed by atoms with E-state index in [1.165, 1.54) is 0 Å². The van der Waals surface area contributed by atoms with Crippen molar-refractivity contribution >= 4 is 23.2 Å². The first-order valence-electron chi connectivity index (χ1n) is 4.96. The van der Waals surface area contributed by atoms with E-state index in [2.05, 4.69) is 5.32 Å². The molecule has 0 saturated carbocycles. The number of halogens is 1. The number of carbonyl (C=O) groups is 1. The maximum absolute atomic E-state index is 11.1. The van der Waals surface area contributed by atoms with Gasteiger partial charge < -0.3 is 11.1 Å². The fourth-order valence-electron chi connectivity index (χ4n) is 1.36. The summed E-state index contributed by atoms with van der Waals surface area (Å²) in [4.78, 5) is 13.0. The zero-order valence-electron chi connectivity index (χ0n) is 9.46. The number of nitrogens with zero attached hydrogens (tertiary/aromatic N) is 1. The van der Waals surface area contributed by atoms with Gasteiger partial charge in [-0.15, -0.1) is 0 Å². The largest absolute Gasteiger partial charge is 0.399 e. The van der Waals surface area contributed by atoms with Crippen molar-refractivity contribution in [2.24, 2.45) is 0 Å². The molecule has 0 spiro atoms. The van der Waals surface area contributed by atoms with Gasteiger partial charge in [-0.05, 0) is 24.7 Å². The second kappa shape index (κ2) is 5.72. The van der Waals surface area contributed by atoms with Crippen LogP contribution in [0.4, 0.5) is 5.69 Å². The zero-order chi connectivity index (χ0) is 12.1. The van der Waals surface area contributed by atoms with Crippen LogP contribution >= 0.6 is 11.6 Å². The molecule has 0 heterocycles. The summed E-state index contributed by atoms with van der Waals surface area (Å²) in [7, 11) is 3.48. The van der Waals surface area contributed by atoms with Gasteiger partial charge in [-0.3, -0.25) is 9.69 Å². The van der Waals surface area contributed by atoms with Crippen molar-refractivity contribution < 1.29 is 4.79 Å². The van der Waals surface area contributed by atoms with E-state index in [4.69, 9.17) is 17.3 Å². The molecule has 0 atom stereocenters. The number of nitrogen functional groups attached to an aromatic ring is 1. The third kappa shape index (κ3) is 3.72. The van der Waals surface area contributed by atoms with E-state index < -0.39 is 0 Å². The molecule has 4 nitrogen and oxygen atoms in total. The molecule has 0 radical (unpaired) electrons. The highest BCUT2D eigenvalue weighted by Crippen LogP contribution is 2.20. The lowest BCUT2D eigenvalue weighted by Crippen LogP contribution is -2.32. The summed E-state index contributed by atoms with van der Waals surface area (Å²) in [5, 5.41) is 3.20. The number of hydrogen-bond acceptors (Lipinski definition) is 3. The number of carbonyl (C=O) groups excluding carboxylic acids is 1. The van der Waals surface area contributed by atoms with E-state index in [1.807, 2.05) is 18.0 Å². The summed E-state index contributed by atoms with van der Waals surface area (Å²) in [6.45, 7) is 0.962. The van der Waals surface area contributed by atoms with Crippen LogP contribution in [0, 0.1) is 0 Å². The smallest absolute Gasteiger partial charge is 0.233 e. The Balaban J connectivity index is 2.62. The molecule has 0 aliphatic heterocycles. The monoisotopic (exact) mass is 241 g/mol. The average molecular weight is 242 g/mol. The number of rotatable bonds is 4. The number of anilines is 1. The van der Waals surface area contributed by atoms with Gasteiger partial charge in [-0.2, -0.15) is 0 Å². The summed E-state index contributed by atoms with van der Waals surface area (Å²) in [6, 6.07) is 5.39. The highest BCUT2D eigenvalue weighted by molar-refractivity contribution is 6.31. The fourth-order valence-corrected chi connectivity index (χ4v) is 1.61. The maximum atomic E-state index is 11.1. The Morgan fingerprint density at radius 1 is 1.56 bits per heavy atom. The number of likely N-dealkylation sites (N-methyl/N-ethyl adjacent to an activating group) is 2. The highest BCUT2D eigenvalue weighted by atomic mass is 35.5. The molecule has 88 valence electrons. The van der Waals surface area contributed by atoms with Crippen LogP contribution in [0.25, 0.3) is 0 Å². The second-order valence-corrected chi connectivity index (χ2v) is 4.10. The lowest BCUT2D eigenvalue weighted by molar-refractivity contribution is -0.121. The molecule has 16 heavy (non-hydrogen) atoms. The Morgan fingerprint density at radius 3 is 2.81 bits per heavy atom. The van der Waals surface area contributed by atoms with Crippen molar-refractivity contribution in [1.29, 1.82) is 0 Å². The third-order valence-electron chi connectivity index (χ3n) is 2.21. The van der Waals surface area contributed by atoms with Gasteiger partial charge >= 0.3 is 0 Å². The molecule has 0 fully saturated rings. The maximum Gasteiger partial charge on any atom is 0.233 e. The molecule has 1 aromatic rings. The predicted molar refractivity (Wildman–Crippen MR) is 66.3 cm³/mol. The molecule has 1 aromatic carbocycles. The Labute approximate surface area is 100 Å². The fraction of sp³-hybridized carbons (Fsp3) is 0.364. The number of amides is 1. The molecule has 0 aliphatic rings. The molecule has 0 bridgehead atoms. The minimum Gasteiger partial charge on any atom is -0.399 e. The van der Waals surface area contributed by atoms with Crippen LogP contribution in [0.2, 0.25) is 5.02 Å². The first-order chi connectivity index (χ1) is 7.52. The lowest BCUT2D eigenvalue weighted by Gasteiger charge is -2.16. The van der Waals surface area contributed by atoms with E-state index in [-0.39, 0.29) is 5.91 Å². The predicted octanol–water partition coefficient (Wildman–Crippen LogP) is 1.10. The van der Waals surface area contributed by atoms with Crippen LogP contribution in [0.15, 0.2) is 18.2 Å². The minimum absolute atomic E-state index is 0.0194. The van der Waals surface area contributed by atoms with Crippen molar-refractivity contribution in [2.75, 3.05) is 26.4 Å². The molecular formula is C11H16ClN3O. The minimum atomic E-state index is -0.0194. The second-order valence-electron chi connectivity index (χ2n) is 3.70. The van der Waals surface area contributed by atoms with Gasteiger partial charge in [-0.25, -0.2) is 0 Å². The number of nitrogens with one attached hydrogen (secondary N) is 1. The Kier molecular flexibility index (Phi) is 4.58. The molecule has 3 N–H and O–H groups in total. The third-order valence-corrected chi connectivity index (χ3v) is 2.56. The Bertz CT molecular complexity index is 381. The molecule has 5 heteroatoms. The van der Waals surface area contributed by atoms with Gasteiger partial charge in [0.25, 0.3) is 0 Å². The van der Waals surface area contributed by atoms with Gasteiger partial charge in [0.1, 0.15) is 0 Å². The van der Waals surface area contributed by atoms with Gasteiger partial charge in [0.2, 0.25) is 5.91 Å². The first kappa shape index (κ1) is 12.8. The van der Waals surface area contributed by atoms with Crippen LogP contribution in [0.3, 0.4) is 0 Å². The van der Waals surface area contributed by atoms with Crippen LogP contribution in [0.5, 0.6) is 0 Å². The SMILES string of the molecule is CNC(=O)CN(C)Cc1ccc(N)cc1Cl. The summed E-state index contributed by atoms with van der Waals surface area (Å²) in [6.07, 6.45) is 0. The van der Waals surface area contributed by atoms with Gasteiger partial charge in [0.15, 0.2) is 0 Å². The molecule has 0 aromatic heterocycles. The zero-order valence-corrected chi connectivity index (χ0v) is 10.2. The number of nitrogens with two attached hydrogens (primary N) is 1. The van der Waals surface area contributed by atoms with E-state index >= 15 is 0 Å². The molecular weight excluding hydrogens is 226 g/mol. The van der Waals surface area contributed by atoms with Crippen LogP contribution < -0.4 is 11.1 Å². The Morgan fingerprint density at radius 2 is 2.25 bits per heavy atom. The number of hydrogen-bond donors (Lipinski definition) is 2. The molecule has 0 aliphatic carbocycles. The standard InChI is InChI=1S/C11H16ClN3O/c1-14-11(16)7-15(2)6-8-3-4-9(13)5-10(8)12/h3-5H,6-7,13H2,1-2H3,(H,14,16). The van der Waals surface area contributed by atoms with Crippen molar-refractivity contribution in [3.05, 3.63) is 28.8 Å². The summed E-state index contributed by atoms with van der Waals surface area (Å²) >= 11 is 6.04. The van der Waals surface area contributed by atoms with E-state index in [1.54, 1.807) is 19.2 Å². The topological polar surface area (TPSA) is 58.4 Å². The molecule has 1 amide bonds. The lowest BCUT2D eigenvalue weighted by atomic mass is 10.2. The van der Waals surface area contributed by atoms with Gasteiger partial charge in [0, 0.05) is 24.3 Å². The summed E-state index contributed by atoms with van der Waals surface area (Å²) < 4.78 is 0. The quantitative estimate of drug-likeness (QED) is 0.777. The average Bonchev–Trinajstić information content (AvgIpc) is 2.22. The Hall–Kier alpha value is -1.26. The highest BCUT2D eigenvalue weighted by Gasteiger charge is 2.07. The molecule has 1 rings (SSSR count). The van der Waals surface area contributed by atoms with E-state index in [9.17, 15) is 4.79 Å². The van der Waals surface area contributed by atoms with Crippen LogP contribution in [0.1, 0.15) is 5.56 Å². The van der Waals surface area contributed by atoms with Gasteiger partial charge in [-0.1, -0.05) is 17.7 Å². The van der Waals surface area contributed by atoms with Crippen LogP contribution in [-0.4, -0.2) is 31.4 Å². The van der Waals surface area contributed by atoms with Crippen molar-refractivity contribution in [3.8, 4) is 0 Å². The van der Waals surface area contributed by atoms with Crippen molar-refractivity contribution in [2.45, 2.75) is 6.54 Å². The van der Waals surface area contributed by atoms with Crippen molar-refractivity contribution in [1.82, 2.24) is 10.2 Å². The first-order valence-corrected chi connectivity index (χ1v) is 5.33. The molecule has 0 saturated heterocycles. The van der Waals surface area contributed by atoms with Gasteiger partial charge in [0.05, 0.1) is 6.54 Å². The van der Waals surface area contributed by atoms with Crippen molar-refractivity contribution in [3.63, 3.8) is 0 Å². The van der Waals surface area contributed by atoms with E-state index in [0.29, 0.717) is 23.8 Å². The molecule has 0 unspecified atom stereocenters. The van der Waals surface area contributed by atoms with Crippen LogP contribution in [-0.2, 0) is 11.3 Å².